The van der Waals surface area contributed by atoms with E-state index in [0.717, 1.165) is 33.6 Å². The number of pyridine rings is 1. The predicted octanol–water partition coefficient (Wildman–Crippen LogP) is 4.04. The number of H-pyrrole nitrogens is 1. The first-order valence-electron chi connectivity index (χ1n) is 8.47. The quantitative estimate of drug-likeness (QED) is 0.669. The summed E-state index contributed by atoms with van der Waals surface area (Å²) in [6.07, 6.45) is 1.73. The van der Waals surface area contributed by atoms with Crippen LogP contribution in [0.5, 0.6) is 0 Å². The molecule has 1 aromatic carbocycles. The van der Waals surface area contributed by atoms with E-state index in [1.165, 1.54) is 0 Å². The van der Waals surface area contributed by atoms with Crippen LogP contribution in [-0.4, -0.2) is 21.0 Å². The third-order valence-electron chi connectivity index (χ3n) is 4.79. The smallest absolute Gasteiger partial charge is 0.334 e. The number of para-hydroxylation sites is 1. The summed E-state index contributed by atoms with van der Waals surface area (Å²) in [5.74, 6) is -1.35. The standard InChI is InChI=1S/C21H19N3O2/c1-12-18(16-9-5-6-10-22-16)20(19(21(25)26)13(2)23-12)17-11-14-7-3-4-8-15(14)24-17/h3-11,20,23-24H,1-2H3,(H,25,26). The van der Waals surface area contributed by atoms with Gasteiger partial charge in [-0.25, -0.2) is 4.79 Å². The highest BCUT2D eigenvalue weighted by atomic mass is 16.4. The molecule has 26 heavy (non-hydrogen) atoms. The Morgan fingerprint density at radius 2 is 1.85 bits per heavy atom. The van der Waals surface area contributed by atoms with Crippen molar-refractivity contribution >= 4 is 22.4 Å². The number of fused-ring (bicyclic) bond motifs is 1. The lowest BCUT2D eigenvalue weighted by molar-refractivity contribution is -0.133. The zero-order valence-electron chi connectivity index (χ0n) is 14.6. The number of dihydropyridines is 1. The van der Waals surface area contributed by atoms with Gasteiger partial charge >= 0.3 is 5.97 Å². The molecule has 0 radical (unpaired) electrons. The lowest BCUT2D eigenvalue weighted by Gasteiger charge is -2.29. The van der Waals surface area contributed by atoms with Gasteiger partial charge in [0.25, 0.3) is 0 Å². The molecule has 1 unspecified atom stereocenters. The maximum atomic E-state index is 12.1. The number of aromatic nitrogens is 2. The Bertz CT molecular complexity index is 1030. The molecule has 0 bridgehead atoms. The van der Waals surface area contributed by atoms with Crippen LogP contribution in [-0.2, 0) is 4.79 Å². The van der Waals surface area contributed by atoms with Crippen molar-refractivity contribution in [1.82, 2.24) is 15.3 Å². The number of allylic oxidation sites excluding steroid dienone is 3. The molecule has 1 aliphatic heterocycles. The number of nitrogens with zero attached hydrogens (tertiary/aromatic N) is 1. The van der Waals surface area contributed by atoms with Gasteiger partial charge in [-0.2, -0.15) is 0 Å². The van der Waals surface area contributed by atoms with Crippen LogP contribution in [0.3, 0.4) is 0 Å². The van der Waals surface area contributed by atoms with E-state index in [1.54, 1.807) is 13.1 Å². The third-order valence-corrected chi connectivity index (χ3v) is 4.79. The zero-order chi connectivity index (χ0) is 18.3. The van der Waals surface area contributed by atoms with Crippen LogP contribution in [0, 0.1) is 0 Å². The Morgan fingerprint density at radius 3 is 2.54 bits per heavy atom. The van der Waals surface area contributed by atoms with Crippen molar-refractivity contribution in [2.75, 3.05) is 0 Å². The second-order valence-electron chi connectivity index (χ2n) is 6.47. The number of hydrogen-bond acceptors (Lipinski definition) is 3. The largest absolute Gasteiger partial charge is 0.478 e. The molecular weight excluding hydrogens is 326 g/mol. The van der Waals surface area contributed by atoms with Crippen LogP contribution >= 0.6 is 0 Å². The van der Waals surface area contributed by atoms with Gasteiger partial charge in [-0.05, 0) is 43.5 Å². The number of aliphatic carboxylic acids is 1. The Balaban J connectivity index is 1.97. The minimum atomic E-state index is -0.931. The highest BCUT2D eigenvalue weighted by Crippen LogP contribution is 2.43. The maximum absolute atomic E-state index is 12.1. The van der Waals surface area contributed by atoms with Gasteiger partial charge in [0.1, 0.15) is 0 Å². The van der Waals surface area contributed by atoms with Crippen LogP contribution in [0.15, 0.2) is 71.7 Å². The molecule has 0 saturated carbocycles. The average molecular weight is 345 g/mol. The van der Waals surface area contributed by atoms with E-state index in [0.29, 0.717) is 11.3 Å². The van der Waals surface area contributed by atoms with E-state index in [-0.39, 0.29) is 0 Å². The number of rotatable bonds is 3. The Labute approximate surface area is 151 Å². The molecule has 5 heteroatoms. The Morgan fingerprint density at radius 1 is 1.08 bits per heavy atom. The van der Waals surface area contributed by atoms with Gasteiger partial charge in [0, 0.05) is 34.4 Å². The normalized spacial score (nSPS) is 17.5. The summed E-state index contributed by atoms with van der Waals surface area (Å²) in [6.45, 7) is 3.76. The topological polar surface area (TPSA) is 78.0 Å². The van der Waals surface area contributed by atoms with Crippen molar-refractivity contribution in [2.45, 2.75) is 19.8 Å². The summed E-state index contributed by atoms with van der Waals surface area (Å²) < 4.78 is 0. The van der Waals surface area contributed by atoms with Crippen molar-refractivity contribution in [3.8, 4) is 0 Å². The predicted molar refractivity (Wildman–Crippen MR) is 101 cm³/mol. The second kappa shape index (κ2) is 6.19. The zero-order valence-corrected chi connectivity index (χ0v) is 14.6. The summed E-state index contributed by atoms with van der Waals surface area (Å²) in [4.78, 5) is 20.0. The number of aromatic amines is 1. The van der Waals surface area contributed by atoms with E-state index >= 15 is 0 Å². The van der Waals surface area contributed by atoms with Crippen LogP contribution in [0.4, 0.5) is 0 Å². The van der Waals surface area contributed by atoms with Crippen LogP contribution in [0.25, 0.3) is 16.5 Å². The van der Waals surface area contributed by atoms with Gasteiger partial charge in [0.05, 0.1) is 17.2 Å². The lowest BCUT2D eigenvalue weighted by Crippen LogP contribution is -2.27. The second-order valence-corrected chi connectivity index (χ2v) is 6.47. The average Bonchev–Trinajstić information content (AvgIpc) is 3.05. The lowest BCUT2D eigenvalue weighted by atomic mass is 9.81. The van der Waals surface area contributed by atoms with E-state index in [1.807, 2.05) is 55.5 Å². The summed E-state index contributed by atoms with van der Waals surface area (Å²) >= 11 is 0. The van der Waals surface area contributed by atoms with Crippen molar-refractivity contribution in [3.05, 3.63) is 83.1 Å². The number of carboxylic acids is 1. The molecule has 1 atom stereocenters. The molecule has 0 spiro atoms. The van der Waals surface area contributed by atoms with Crippen LogP contribution in [0.2, 0.25) is 0 Å². The number of nitrogens with one attached hydrogen (secondary N) is 2. The molecule has 0 aliphatic carbocycles. The molecule has 3 N–H and O–H groups in total. The Kier molecular flexibility index (Phi) is 3.84. The molecule has 5 nitrogen and oxygen atoms in total. The fourth-order valence-corrected chi connectivity index (χ4v) is 3.70. The van der Waals surface area contributed by atoms with Crippen molar-refractivity contribution in [2.24, 2.45) is 0 Å². The number of carbonyl (C=O) groups is 1. The molecule has 0 amide bonds. The molecule has 130 valence electrons. The first kappa shape index (κ1) is 16.1. The summed E-state index contributed by atoms with van der Waals surface area (Å²) in [6, 6.07) is 15.7. The fourth-order valence-electron chi connectivity index (χ4n) is 3.70. The molecule has 0 saturated heterocycles. The SMILES string of the molecule is CC1=C(C(=O)O)C(c2cc3ccccc3[nH]2)C(c2ccccn2)=C(C)N1. The van der Waals surface area contributed by atoms with Crippen molar-refractivity contribution in [3.63, 3.8) is 0 Å². The summed E-state index contributed by atoms with van der Waals surface area (Å²) in [7, 11) is 0. The highest BCUT2D eigenvalue weighted by molar-refractivity contribution is 5.96. The summed E-state index contributed by atoms with van der Waals surface area (Å²) in [5, 5.41) is 14.2. The van der Waals surface area contributed by atoms with Gasteiger partial charge in [0.15, 0.2) is 0 Å². The molecule has 3 aromatic rings. The fraction of sp³-hybridized carbons (Fsp3) is 0.143. The van der Waals surface area contributed by atoms with E-state index in [2.05, 4.69) is 15.3 Å². The molecule has 3 heterocycles. The minimum Gasteiger partial charge on any atom is -0.478 e. The minimum absolute atomic E-state index is 0.336. The molecule has 0 fully saturated rings. The Hall–Kier alpha value is -3.34. The molecule has 1 aliphatic rings. The number of carboxylic acid groups (broad SMARTS) is 1. The van der Waals surface area contributed by atoms with Crippen molar-refractivity contribution in [1.29, 1.82) is 0 Å². The van der Waals surface area contributed by atoms with Crippen LogP contribution in [0.1, 0.15) is 31.2 Å². The first-order valence-corrected chi connectivity index (χ1v) is 8.47. The third kappa shape index (κ3) is 2.58. The number of benzene rings is 1. The van der Waals surface area contributed by atoms with Gasteiger partial charge in [-0.3, -0.25) is 4.98 Å². The molecule has 4 rings (SSSR count). The van der Waals surface area contributed by atoms with Gasteiger partial charge in [-0.15, -0.1) is 0 Å². The van der Waals surface area contributed by atoms with Gasteiger partial charge in [-0.1, -0.05) is 24.3 Å². The van der Waals surface area contributed by atoms with E-state index < -0.39 is 11.9 Å². The van der Waals surface area contributed by atoms with E-state index in [9.17, 15) is 9.90 Å². The monoisotopic (exact) mass is 345 g/mol. The van der Waals surface area contributed by atoms with Crippen molar-refractivity contribution < 1.29 is 9.90 Å². The van der Waals surface area contributed by atoms with Gasteiger partial charge < -0.3 is 15.4 Å². The maximum Gasteiger partial charge on any atom is 0.334 e. The first-order chi connectivity index (χ1) is 12.6. The van der Waals surface area contributed by atoms with Crippen LogP contribution < -0.4 is 5.32 Å². The number of hydrogen-bond donors (Lipinski definition) is 3. The van der Waals surface area contributed by atoms with Gasteiger partial charge in [0.2, 0.25) is 0 Å². The highest BCUT2D eigenvalue weighted by Gasteiger charge is 2.35. The van der Waals surface area contributed by atoms with E-state index in [4.69, 9.17) is 0 Å². The molecular formula is C21H19N3O2. The summed E-state index contributed by atoms with van der Waals surface area (Å²) in [5.41, 5.74) is 5.38. The molecule has 2 aromatic heterocycles.